The van der Waals surface area contributed by atoms with E-state index in [0.29, 0.717) is 42.9 Å². The second-order valence-electron chi connectivity index (χ2n) is 7.66. The van der Waals surface area contributed by atoms with Gasteiger partial charge in [-0.3, -0.25) is 18.7 Å². The first-order valence-corrected chi connectivity index (χ1v) is 11.4. The highest BCUT2D eigenvalue weighted by Gasteiger charge is 2.23. The SMILES string of the molecule is CCCCn1c(=O)c2sccc2n(CC(=O)N2CCN(c3ccc(F)cc3)CC2)c1=O. The molecule has 0 saturated carbocycles. The number of fused-ring (bicyclic) bond motifs is 1. The van der Waals surface area contributed by atoms with Crippen molar-refractivity contribution in [2.75, 3.05) is 31.1 Å². The zero-order valence-electron chi connectivity index (χ0n) is 17.4. The Morgan fingerprint density at radius 1 is 1.03 bits per heavy atom. The number of thiophene rings is 1. The number of piperazine rings is 1. The predicted molar refractivity (Wildman–Crippen MR) is 120 cm³/mol. The Morgan fingerprint density at radius 3 is 2.42 bits per heavy atom. The molecule has 1 aliphatic rings. The molecule has 0 bridgehead atoms. The molecule has 0 atom stereocenters. The van der Waals surface area contributed by atoms with Crippen LogP contribution >= 0.6 is 11.3 Å². The van der Waals surface area contributed by atoms with Crippen LogP contribution < -0.4 is 16.1 Å². The molecule has 164 valence electrons. The number of unbranched alkanes of at least 4 members (excludes halogenated alkanes) is 1. The molecule has 3 heterocycles. The number of carbonyl (C=O) groups excluding carboxylic acids is 1. The highest BCUT2D eigenvalue weighted by molar-refractivity contribution is 7.17. The monoisotopic (exact) mass is 444 g/mol. The molecule has 7 nitrogen and oxygen atoms in total. The van der Waals surface area contributed by atoms with Crippen LogP contribution in [0, 0.1) is 5.82 Å². The number of hydrogen-bond donors (Lipinski definition) is 0. The topological polar surface area (TPSA) is 67.6 Å². The molecule has 9 heteroatoms. The molecular weight excluding hydrogens is 419 g/mol. The number of hydrogen-bond acceptors (Lipinski definition) is 5. The van der Waals surface area contributed by atoms with Gasteiger partial charge in [-0.1, -0.05) is 13.3 Å². The van der Waals surface area contributed by atoms with E-state index >= 15 is 0 Å². The number of nitrogens with zero attached hydrogens (tertiary/aromatic N) is 4. The summed E-state index contributed by atoms with van der Waals surface area (Å²) in [6.45, 7) is 4.58. The predicted octanol–water partition coefficient (Wildman–Crippen LogP) is 2.51. The second kappa shape index (κ2) is 9.05. The lowest BCUT2D eigenvalue weighted by atomic mass is 10.2. The number of halogens is 1. The van der Waals surface area contributed by atoms with Crippen molar-refractivity contribution in [2.24, 2.45) is 0 Å². The molecule has 4 rings (SSSR count). The third kappa shape index (κ3) is 4.27. The summed E-state index contributed by atoms with van der Waals surface area (Å²) in [4.78, 5) is 42.5. The minimum atomic E-state index is -0.428. The Hall–Kier alpha value is -2.94. The molecule has 0 spiro atoms. The van der Waals surface area contributed by atoms with Crippen molar-refractivity contribution in [1.82, 2.24) is 14.0 Å². The van der Waals surface area contributed by atoms with Crippen molar-refractivity contribution in [3.63, 3.8) is 0 Å². The van der Waals surface area contributed by atoms with Crippen molar-refractivity contribution < 1.29 is 9.18 Å². The summed E-state index contributed by atoms with van der Waals surface area (Å²) in [5.41, 5.74) is 0.737. The maximum atomic E-state index is 13.2. The van der Waals surface area contributed by atoms with Crippen LogP contribution in [0.5, 0.6) is 0 Å². The van der Waals surface area contributed by atoms with Gasteiger partial charge >= 0.3 is 5.69 Å². The summed E-state index contributed by atoms with van der Waals surface area (Å²) >= 11 is 1.29. The molecule has 31 heavy (non-hydrogen) atoms. The average molecular weight is 445 g/mol. The Morgan fingerprint density at radius 2 is 1.74 bits per heavy atom. The van der Waals surface area contributed by atoms with Gasteiger partial charge in [-0.15, -0.1) is 11.3 Å². The van der Waals surface area contributed by atoms with Gasteiger partial charge in [0.05, 0.1) is 5.52 Å². The van der Waals surface area contributed by atoms with Gasteiger partial charge in [0.1, 0.15) is 17.1 Å². The summed E-state index contributed by atoms with van der Waals surface area (Å²) in [6.07, 6.45) is 1.59. The first kappa shape index (κ1) is 21.3. The van der Waals surface area contributed by atoms with Crippen LogP contribution in [0.15, 0.2) is 45.3 Å². The van der Waals surface area contributed by atoms with E-state index in [9.17, 15) is 18.8 Å². The fraction of sp³-hybridized carbons (Fsp3) is 0.409. The van der Waals surface area contributed by atoms with Crippen LogP contribution in [0.2, 0.25) is 0 Å². The summed E-state index contributed by atoms with van der Waals surface area (Å²) in [5.74, 6) is -0.419. The van der Waals surface area contributed by atoms with Gasteiger partial charge in [0, 0.05) is 38.4 Å². The summed E-state index contributed by atoms with van der Waals surface area (Å²) in [7, 11) is 0. The van der Waals surface area contributed by atoms with Crippen LogP contribution in [0.3, 0.4) is 0 Å². The number of anilines is 1. The lowest BCUT2D eigenvalue weighted by molar-refractivity contribution is -0.132. The van der Waals surface area contributed by atoms with E-state index in [0.717, 1.165) is 18.5 Å². The molecule has 1 aromatic carbocycles. The largest absolute Gasteiger partial charge is 0.368 e. The number of amides is 1. The Labute approximate surface area is 182 Å². The minimum Gasteiger partial charge on any atom is -0.368 e. The maximum absolute atomic E-state index is 13.2. The summed E-state index contributed by atoms with van der Waals surface area (Å²) in [6, 6.07) is 8.06. The summed E-state index contributed by atoms with van der Waals surface area (Å²) < 4.78 is 16.3. The highest BCUT2D eigenvalue weighted by atomic mass is 32.1. The van der Waals surface area contributed by atoms with E-state index in [1.54, 1.807) is 28.5 Å². The van der Waals surface area contributed by atoms with E-state index in [-0.39, 0.29) is 23.8 Å². The Kier molecular flexibility index (Phi) is 6.22. The lowest BCUT2D eigenvalue weighted by Crippen LogP contribution is -2.50. The van der Waals surface area contributed by atoms with Gasteiger partial charge in [-0.2, -0.15) is 0 Å². The van der Waals surface area contributed by atoms with E-state index in [1.807, 2.05) is 6.92 Å². The highest BCUT2D eigenvalue weighted by Crippen LogP contribution is 2.18. The second-order valence-corrected chi connectivity index (χ2v) is 8.57. The van der Waals surface area contributed by atoms with Crippen LogP contribution in [0.1, 0.15) is 19.8 Å². The smallest absolute Gasteiger partial charge is 0.332 e. The van der Waals surface area contributed by atoms with Gasteiger partial charge in [0.25, 0.3) is 5.56 Å². The first-order valence-electron chi connectivity index (χ1n) is 10.5. The number of benzene rings is 1. The summed E-state index contributed by atoms with van der Waals surface area (Å²) in [5, 5.41) is 1.78. The van der Waals surface area contributed by atoms with E-state index in [4.69, 9.17) is 0 Å². The Bertz CT molecular complexity index is 1190. The third-order valence-corrected chi connectivity index (χ3v) is 6.58. The van der Waals surface area contributed by atoms with E-state index in [2.05, 4.69) is 4.90 Å². The maximum Gasteiger partial charge on any atom is 0.332 e. The molecule has 0 radical (unpaired) electrons. The average Bonchev–Trinajstić information content (AvgIpc) is 3.27. The molecule has 3 aromatic rings. The van der Waals surface area contributed by atoms with Crippen LogP contribution in [-0.2, 0) is 17.9 Å². The van der Waals surface area contributed by atoms with Crippen molar-refractivity contribution in [2.45, 2.75) is 32.9 Å². The fourth-order valence-electron chi connectivity index (χ4n) is 3.90. The van der Waals surface area contributed by atoms with Crippen molar-refractivity contribution in [3.8, 4) is 0 Å². The zero-order valence-corrected chi connectivity index (χ0v) is 18.2. The quantitative estimate of drug-likeness (QED) is 0.586. The van der Waals surface area contributed by atoms with Crippen LogP contribution in [0.25, 0.3) is 10.2 Å². The molecule has 0 N–H and O–H groups in total. The first-order chi connectivity index (χ1) is 15.0. The molecular formula is C22H25FN4O3S. The minimum absolute atomic E-state index is 0.0883. The fourth-order valence-corrected chi connectivity index (χ4v) is 4.74. The Balaban J connectivity index is 1.51. The number of carbonyl (C=O) groups is 1. The third-order valence-electron chi connectivity index (χ3n) is 5.69. The molecule has 1 fully saturated rings. The van der Waals surface area contributed by atoms with Gasteiger partial charge in [-0.25, -0.2) is 9.18 Å². The molecule has 1 saturated heterocycles. The zero-order chi connectivity index (χ0) is 22.0. The molecule has 0 aliphatic carbocycles. The van der Waals surface area contributed by atoms with E-state index < -0.39 is 5.69 Å². The van der Waals surface area contributed by atoms with Crippen LogP contribution in [0.4, 0.5) is 10.1 Å². The van der Waals surface area contributed by atoms with Gasteiger partial charge in [0.2, 0.25) is 5.91 Å². The van der Waals surface area contributed by atoms with Crippen LogP contribution in [-0.4, -0.2) is 46.1 Å². The van der Waals surface area contributed by atoms with Gasteiger partial charge in [-0.05, 0) is 42.1 Å². The molecule has 0 unspecified atom stereocenters. The number of rotatable bonds is 6. The molecule has 1 aliphatic heterocycles. The molecule has 1 amide bonds. The standard InChI is InChI=1S/C22H25FN4O3S/c1-2-3-9-26-21(29)20-18(8-14-31-20)27(22(26)30)15-19(28)25-12-10-24(11-13-25)17-6-4-16(23)5-7-17/h4-8,14H,2-3,9-13,15H2,1H3. The van der Waals surface area contributed by atoms with Crippen molar-refractivity contribution in [3.05, 3.63) is 62.4 Å². The van der Waals surface area contributed by atoms with Crippen molar-refractivity contribution >= 4 is 33.1 Å². The van der Waals surface area contributed by atoms with Gasteiger partial charge < -0.3 is 9.80 Å². The van der Waals surface area contributed by atoms with Crippen molar-refractivity contribution in [1.29, 1.82) is 0 Å². The van der Waals surface area contributed by atoms with Gasteiger partial charge in [0.15, 0.2) is 0 Å². The normalized spacial score (nSPS) is 14.4. The number of aromatic nitrogens is 2. The molecule has 2 aromatic heterocycles. The lowest BCUT2D eigenvalue weighted by Gasteiger charge is -2.36. The van der Waals surface area contributed by atoms with E-state index in [1.165, 1.54) is 32.6 Å².